The number of hydrogen-bond donors (Lipinski definition) is 0. The lowest BCUT2D eigenvalue weighted by molar-refractivity contribution is 0.0371. The molecule has 2 aromatic rings. The van der Waals surface area contributed by atoms with Gasteiger partial charge in [-0.25, -0.2) is 0 Å². The van der Waals surface area contributed by atoms with Crippen LogP contribution < -0.4 is 0 Å². The summed E-state index contributed by atoms with van der Waals surface area (Å²) in [6.45, 7) is 9.22. The third kappa shape index (κ3) is 3.39. The van der Waals surface area contributed by atoms with E-state index in [1.54, 1.807) is 6.26 Å². The molecule has 0 bridgehead atoms. The van der Waals surface area contributed by atoms with Gasteiger partial charge in [0, 0.05) is 42.8 Å². The zero-order chi connectivity index (χ0) is 17.1. The summed E-state index contributed by atoms with van der Waals surface area (Å²) < 4.78 is 5.40. The summed E-state index contributed by atoms with van der Waals surface area (Å²) in [5, 5.41) is 0. The summed E-state index contributed by atoms with van der Waals surface area (Å²) in [5.74, 6) is 0.952. The van der Waals surface area contributed by atoms with Crippen molar-refractivity contribution in [2.75, 3.05) is 19.6 Å². The zero-order valence-electron chi connectivity index (χ0n) is 14.7. The van der Waals surface area contributed by atoms with E-state index >= 15 is 0 Å². The number of furan rings is 1. The molecule has 1 saturated heterocycles. The first-order valence-corrected chi connectivity index (χ1v) is 8.79. The molecule has 0 radical (unpaired) electrons. The fourth-order valence-corrected chi connectivity index (χ4v) is 3.50. The molecule has 4 heteroatoms. The predicted octanol–water partition coefficient (Wildman–Crippen LogP) is 3.89. The Morgan fingerprint density at radius 1 is 1.21 bits per heavy atom. The molecule has 1 amide bonds. The van der Waals surface area contributed by atoms with Crippen LogP contribution in [0.25, 0.3) is 11.3 Å². The van der Waals surface area contributed by atoms with Crippen molar-refractivity contribution in [2.45, 2.75) is 39.3 Å². The van der Waals surface area contributed by atoms with E-state index in [9.17, 15) is 4.79 Å². The molecule has 0 spiro atoms. The van der Waals surface area contributed by atoms with Crippen molar-refractivity contribution >= 4 is 5.91 Å². The fraction of sp³-hybridized carbons (Fsp3) is 0.450. The highest BCUT2D eigenvalue weighted by molar-refractivity contribution is 5.94. The molecule has 1 unspecified atom stereocenters. The van der Waals surface area contributed by atoms with Crippen LogP contribution in [-0.2, 0) is 0 Å². The molecule has 0 aliphatic carbocycles. The summed E-state index contributed by atoms with van der Waals surface area (Å²) in [7, 11) is 0. The van der Waals surface area contributed by atoms with E-state index in [1.807, 2.05) is 41.3 Å². The van der Waals surface area contributed by atoms with E-state index in [-0.39, 0.29) is 5.91 Å². The lowest BCUT2D eigenvalue weighted by atomic mass is 10.0. The first-order chi connectivity index (χ1) is 11.6. The van der Waals surface area contributed by atoms with Crippen molar-refractivity contribution in [1.29, 1.82) is 0 Å². The van der Waals surface area contributed by atoms with Gasteiger partial charge in [0.2, 0.25) is 0 Å². The van der Waals surface area contributed by atoms with E-state index in [0.717, 1.165) is 42.9 Å². The lowest BCUT2D eigenvalue weighted by Crippen LogP contribution is -2.56. The number of amides is 1. The van der Waals surface area contributed by atoms with Gasteiger partial charge in [0.05, 0.1) is 6.26 Å². The molecule has 1 aromatic carbocycles. The van der Waals surface area contributed by atoms with Crippen molar-refractivity contribution in [3.05, 3.63) is 48.2 Å². The molecule has 1 aliphatic heterocycles. The minimum absolute atomic E-state index is 0.128. The molecule has 24 heavy (non-hydrogen) atoms. The van der Waals surface area contributed by atoms with Crippen LogP contribution in [0.5, 0.6) is 0 Å². The molecular formula is C20H26N2O2. The zero-order valence-corrected chi connectivity index (χ0v) is 14.7. The van der Waals surface area contributed by atoms with Crippen molar-refractivity contribution in [2.24, 2.45) is 0 Å². The monoisotopic (exact) mass is 326 g/mol. The second-order valence-electron chi connectivity index (χ2n) is 6.70. The largest absolute Gasteiger partial charge is 0.464 e. The average Bonchev–Trinajstić information content (AvgIpc) is 3.15. The fourth-order valence-electron chi connectivity index (χ4n) is 3.50. The predicted molar refractivity (Wildman–Crippen MR) is 96.0 cm³/mol. The Balaban J connectivity index is 1.70. The number of carbonyl (C=O) groups excluding carboxylic acids is 1. The summed E-state index contributed by atoms with van der Waals surface area (Å²) in [4.78, 5) is 17.3. The maximum atomic E-state index is 12.8. The highest BCUT2D eigenvalue weighted by atomic mass is 16.3. The quantitative estimate of drug-likeness (QED) is 0.855. The standard InChI is InChI=1S/C20H26N2O2/c1-4-18-14-21(11-12-22(18)15(2)3)20(23)17-9-7-16(8-10-17)19-6-5-13-24-19/h5-10,13,15,18H,4,11-12,14H2,1-3H3. The second kappa shape index (κ2) is 7.22. The van der Waals surface area contributed by atoms with Crippen LogP contribution in [0.2, 0.25) is 0 Å². The molecule has 3 rings (SSSR count). The van der Waals surface area contributed by atoms with Gasteiger partial charge < -0.3 is 9.32 Å². The maximum absolute atomic E-state index is 12.8. The molecule has 0 N–H and O–H groups in total. The lowest BCUT2D eigenvalue weighted by Gasteiger charge is -2.43. The van der Waals surface area contributed by atoms with Crippen LogP contribution in [0.4, 0.5) is 0 Å². The van der Waals surface area contributed by atoms with Gasteiger partial charge in [0.25, 0.3) is 5.91 Å². The van der Waals surface area contributed by atoms with Gasteiger partial charge in [-0.05, 0) is 44.5 Å². The third-order valence-electron chi connectivity index (χ3n) is 4.89. The Morgan fingerprint density at radius 3 is 2.54 bits per heavy atom. The molecule has 1 aromatic heterocycles. The summed E-state index contributed by atoms with van der Waals surface area (Å²) in [6.07, 6.45) is 2.73. The molecule has 1 atom stereocenters. The van der Waals surface area contributed by atoms with E-state index in [4.69, 9.17) is 4.42 Å². The van der Waals surface area contributed by atoms with Crippen LogP contribution in [0.3, 0.4) is 0 Å². The summed E-state index contributed by atoms with van der Waals surface area (Å²) in [5.41, 5.74) is 1.74. The minimum Gasteiger partial charge on any atom is -0.464 e. The maximum Gasteiger partial charge on any atom is 0.253 e. The minimum atomic E-state index is 0.128. The van der Waals surface area contributed by atoms with Gasteiger partial charge in [0.1, 0.15) is 5.76 Å². The van der Waals surface area contributed by atoms with Crippen LogP contribution in [0.15, 0.2) is 47.1 Å². The molecule has 1 aliphatic rings. The number of nitrogens with zero attached hydrogens (tertiary/aromatic N) is 2. The third-order valence-corrected chi connectivity index (χ3v) is 4.89. The molecule has 2 heterocycles. The average molecular weight is 326 g/mol. The number of rotatable bonds is 4. The molecule has 1 fully saturated rings. The topological polar surface area (TPSA) is 36.7 Å². The van der Waals surface area contributed by atoms with Crippen molar-refractivity contribution in [3.8, 4) is 11.3 Å². The first kappa shape index (κ1) is 16.8. The van der Waals surface area contributed by atoms with E-state index in [0.29, 0.717) is 12.1 Å². The van der Waals surface area contributed by atoms with Crippen LogP contribution in [0, 0.1) is 0 Å². The molecule has 0 saturated carbocycles. The smallest absolute Gasteiger partial charge is 0.253 e. The molecule has 4 nitrogen and oxygen atoms in total. The van der Waals surface area contributed by atoms with Gasteiger partial charge in [-0.15, -0.1) is 0 Å². The van der Waals surface area contributed by atoms with E-state index in [1.165, 1.54) is 0 Å². The second-order valence-corrected chi connectivity index (χ2v) is 6.70. The van der Waals surface area contributed by atoms with Gasteiger partial charge >= 0.3 is 0 Å². The van der Waals surface area contributed by atoms with Gasteiger partial charge in [-0.3, -0.25) is 9.69 Å². The van der Waals surface area contributed by atoms with E-state index in [2.05, 4.69) is 25.7 Å². The van der Waals surface area contributed by atoms with Gasteiger partial charge in [0.15, 0.2) is 0 Å². The highest BCUT2D eigenvalue weighted by Gasteiger charge is 2.30. The van der Waals surface area contributed by atoms with Crippen molar-refractivity contribution in [1.82, 2.24) is 9.80 Å². The van der Waals surface area contributed by atoms with Gasteiger partial charge in [-0.2, -0.15) is 0 Å². The van der Waals surface area contributed by atoms with E-state index < -0.39 is 0 Å². The molecular weight excluding hydrogens is 300 g/mol. The number of benzene rings is 1. The number of carbonyl (C=O) groups is 1. The Bertz CT molecular complexity index is 661. The van der Waals surface area contributed by atoms with Crippen LogP contribution in [0.1, 0.15) is 37.6 Å². The van der Waals surface area contributed by atoms with Crippen molar-refractivity contribution < 1.29 is 9.21 Å². The highest BCUT2D eigenvalue weighted by Crippen LogP contribution is 2.22. The summed E-state index contributed by atoms with van der Waals surface area (Å²) >= 11 is 0. The van der Waals surface area contributed by atoms with Crippen molar-refractivity contribution in [3.63, 3.8) is 0 Å². The SMILES string of the molecule is CCC1CN(C(=O)c2ccc(-c3ccco3)cc2)CCN1C(C)C. The van der Waals surface area contributed by atoms with Crippen LogP contribution in [-0.4, -0.2) is 47.4 Å². The van der Waals surface area contributed by atoms with Gasteiger partial charge in [-0.1, -0.05) is 19.1 Å². The number of hydrogen-bond acceptors (Lipinski definition) is 3. The number of piperazine rings is 1. The normalized spacial score (nSPS) is 19.0. The van der Waals surface area contributed by atoms with Crippen LogP contribution >= 0.6 is 0 Å². The Kier molecular flexibility index (Phi) is 5.05. The Labute approximate surface area is 144 Å². The Morgan fingerprint density at radius 2 is 1.96 bits per heavy atom. The first-order valence-electron chi connectivity index (χ1n) is 8.79. The summed E-state index contributed by atoms with van der Waals surface area (Å²) in [6, 6.07) is 12.5. The Hall–Kier alpha value is -2.07. The molecule has 128 valence electrons.